The summed E-state index contributed by atoms with van der Waals surface area (Å²) in [5.74, 6) is -0.729. The Labute approximate surface area is 105 Å². The highest BCUT2D eigenvalue weighted by molar-refractivity contribution is 7.98. The molecular weight excluding hydrogens is 238 g/mol. The fourth-order valence-corrected chi connectivity index (χ4v) is 1.94. The van der Waals surface area contributed by atoms with Gasteiger partial charge in [0, 0.05) is 4.90 Å². The lowest BCUT2D eigenvalue weighted by Crippen LogP contribution is -2.39. The van der Waals surface area contributed by atoms with Crippen LogP contribution in [0.5, 0.6) is 0 Å². The van der Waals surface area contributed by atoms with Crippen molar-refractivity contribution in [3.8, 4) is 0 Å². The van der Waals surface area contributed by atoms with Gasteiger partial charge in [0.1, 0.15) is 6.04 Å². The van der Waals surface area contributed by atoms with Gasteiger partial charge in [0.2, 0.25) is 0 Å². The molecule has 0 radical (unpaired) electrons. The van der Waals surface area contributed by atoms with Crippen LogP contribution in [0.25, 0.3) is 0 Å². The van der Waals surface area contributed by atoms with Crippen molar-refractivity contribution in [2.24, 2.45) is 0 Å². The zero-order valence-corrected chi connectivity index (χ0v) is 10.8. The minimum Gasteiger partial charge on any atom is -0.467 e. The van der Waals surface area contributed by atoms with Crippen LogP contribution in [0.1, 0.15) is 17.3 Å². The van der Waals surface area contributed by atoms with E-state index >= 15 is 0 Å². The summed E-state index contributed by atoms with van der Waals surface area (Å²) in [6.07, 6.45) is 1.90. The van der Waals surface area contributed by atoms with Crippen molar-refractivity contribution in [3.05, 3.63) is 29.8 Å². The van der Waals surface area contributed by atoms with Crippen molar-refractivity contribution >= 4 is 23.6 Å². The first-order chi connectivity index (χ1) is 8.10. The van der Waals surface area contributed by atoms with Crippen molar-refractivity contribution < 1.29 is 14.3 Å². The molecule has 0 saturated heterocycles. The standard InChI is InChI=1S/C12H15NO3S/c1-8(12(15)16-2)13-11(14)9-6-4-5-7-10(9)17-3/h4-8H,1-3H3,(H,13,14). The summed E-state index contributed by atoms with van der Waals surface area (Å²) in [6.45, 7) is 1.59. The van der Waals surface area contributed by atoms with E-state index in [1.807, 2.05) is 18.4 Å². The summed E-state index contributed by atoms with van der Waals surface area (Å²) in [5, 5.41) is 2.59. The Bertz CT molecular complexity index is 420. The molecule has 4 nitrogen and oxygen atoms in total. The van der Waals surface area contributed by atoms with E-state index in [0.29, 0.717) is 5.56 Å². The molecule has 1 amide bonds. The number of benzene rings is 1. The maximum atomic E-state index is 11.9. The molecule has 0 aliphatic carbocycles. The summed E-state index contributed by atoms with van der Waals surface area (Å²) >= 11 is 1.49. The SMILES string of the molecule is COC(=O)C(C)NC(=O)c1ccccc1SC. The molecule has 17 heavy (non-hydrogen) atoms. The lowest BCUT2D eigenvalue weighted by molar-refractivity contribution is -0.142. The van der Waals surface area contributed by atoms with Crippen LogP contribution in [0.15, 0.2) is 29.2 Å². The summed E-state index contributed by atoms with van der Waals surface area (Å²) in [4.78, 5) is 24.0. The number of ether oxygens (including phenoxy) is 1. The highest BCUT2D eigenvalue weighted by atomic mass is 32.2. The third kappa shape index (κ3) is 3.49. The number of hydrogen-bond donors (Lipinski definition) is 1. The highest BCUT2D eigenvalue weighted by Crippen LogP contribution is 2.19. The van der Waals surface area contributed by atoms with E-state index in [1.54, 1.807) is 19.1 Å². The Morgan fingerprint density at radius 3 is 2.59 bits per heavy atom. The number of thioether (sulfide) groups is 1. The second-order valence-corrected chi connectivity index (χ2v) is 4.27. The number of amides is 1. The highest BCUT2D eigenvalue weighted by Gasteiger charge is 2.18. The first kappa shape index (κ1) is 13.6. The van der Waals surface area contributed by atoms with Gasteiger partial charge in [-0.2, -0.15) is 0 Å². The number of hydrogen-bond acceptors (Lipinski definition) is 4. The number of esters is 1. The molecule has 1 aromatic rings. The van der Waals surface area contributed by atoms with E-state index in [4.69, 9.17) is 0 Å². The number of rotatable bonds is 4. The van der Waals surface area contributed by atoms with Gasteiger partial charge in [0.15, 0.2) is 0 Å². The zero-order chi connectivity index (χ0) is 12.8. The summed E-state index contributed by atoms with van der Waals surface area (Å²) in [5.41, 5.74) is 0.566. The van der Waals surface area contributed by atoms with E-state index in [-0.39, 0.29) is 5.91 Å². The van der Waals surface area contributed by atoms with E-state index in [9.17, 15) is 9.59 Å². The number of methoxy groups -OCH3 is 1. The van der Waals surface area contributed by atoms with E-state index < -0.39 is 12.0 Å². The molecule has 1 atom stereocenters. The fourth-order valence-electron chi connectivity index (χ4n) is 1.34. The third-order valence-electron chi connectivity index (χ3n) is 2.25. The Morgan fingerprint density at radius 2 is 2.00 bits per heavy atom. The quantitative estimate of drug-likeness (QED) is 0.655. The molecule has 0 saturated carbocycles. The third-order valence-corrected chi connectivity index (χ3v) is 3.05. The van der Waals surface area contributed by atoms with Crippen molar-refractivity contribution in [3.63, 3.8) is 0 Å². The first-order valence-electron chi connectivity index (χ1n) is 5.12. The minimum atomic E-state index is -0.651. The normalized spacial score (nSPS) is 11.7. The molecule has 0 fully saturated rings. The lowest BCUT2D eigenvalue weighted by Gasteiger charge is -2.13. The van der Waals surface area contributed by atoms with Crippen LogP contribution in [0, 0.1) is 0 Å². The largest absolute Gasteiger partial charge is 0.467 e. The van der Waals surface area contributed by atoms with Gasteiger partial charge in [-0.25, -0.2) is 4.79 Å². The Morgan fingerprint density at radius 1 is 1.35 bits per heavy atom. The molecule has 0 aromatic heterocycles. The second-order valence-electron chi connectivity index (χ2n) is 3.42. The number of carbonyl (C=O) groups is 2. The predicted octanol–water partition coefficient (Wildman–Crippen LogP) is 1.70. The second kappa shape index (κ2) is 6.30. The van der Waals surface area contributed by atoms with Gasteiger partial charge in [-0.05, 0) is 25.3 Å². The van der Waals surface area contributed by atoms with Crippen molar-refractivity contribution in [2.45, 2.75) is 17.9 Å². The summed E-state index contributed by atoms with van der Waals surface area (Å²) in [6, 6.07) is 6.60. The van der Waals surface area contributed by atoms with Gasteiger partial charge in [-0.15, -0.1) is 11.8 Å². The molecule has 1 unspecified atom stereocenters. The van der Waals surface area contributed by atoms with Gasteiger partial charge in [-0.1, -0.05) is 12.1 Å². The molecule has 1 N–H and O–H groups in total. The predicted molar refractivity (Wildman–Crippen MR) is 67.2 cm³/mol. The van der Waals surface area contributed by atoms with Crippen LogP contribution < -0.4 is 5.32 Å². The maximum Gasteiger partial charge on any atom is 0.328 e. The first-order valence-corrected chi connectivity index (χ1v) is 6.34. The van der Waals surface area contributed by atoms with Crippen molar-refractivity contribution in [2.75, 3.05) is 13.4 Å². The molecule has 0 heterocycles. The van der Waals surface area contributed by atoms with E-state index in [2.05, 4.69) is 10.1 Å². The molecule has 5 heteroatoms. The van der Waals surface area contributed by atoms with Crippen LogP contribution in [0.3, 0.4) is 0 Å². The molecular formula is C12H15NO3S. The van der Waals surface area contributed by atoms with Crippen molar-refractivity contribution in [1.82, 2.24) is 5.32 Å². The topological polar surface area (TPSA) is 55.4 Å². The minimum absolute atomic E-state index is 0.271. The van der Waals surface area contributed by atoms with Gasteiger partial charge in [0.25, 0.3) is 5.91 Å². The van der Waals surface area contributed by atoms with Crippen LogP contribution in [-0.4, -0.2) is 31.3 Å². The average molecular weight is 253 g/mol. The molecule has 92 valence electrons. The van der Waals surface area contributed by atoms with Gasteiger partial charge in [-0.3, -0.25) is 4.79 Å². The van der Waals surface area contributed by atoms with Crippen molar-refractivity contribution in [1.29, 1.82) is 0 Å². The maximum absolute atomic E-state index is 11.9. The monoisotopic (exact) mass is 253 g/mol. The van der Waals surface area contributed by atoms with Crippen LogP contribution in [-0.2, 0) is 9.53 Å². The Balaban J connectivity index is 2.79. The molecule has 0 bridgehead atoms. The summed E-state index contributed by atoms with van der Waals surface area (Å²) in [7, 11) is 1.29. The van der Waals surface area contributed by atoms with Gasteiger partial charge < -0.3 is 10.1 Å². The zero-order valence-electron chi connectivity index (χ0n) is 10.0. The van der Waals surface area contributed by atoms with Crippen LogP contribution in [0.4, 0.5) is 0 Å². The smallest absolute Gasteiger partial charge is 0.328 e. The molecule has 0 spiro atoms. The van der Waals surface area contributed by atoms with E-state index in [1.165, 1.54) is 18.9 Å². The molecule has 0 aliphatic heterocycles. The Hall–Kier alpha value is -1.49. The fraction of sp³-hybridized carbons (Fsp3) is 0.333. The number of carbonyl (C=O) groups excluding carboxylic acids is 2. The Kier molecular flexibility index (Phi) is 5.03. The van der Waals surface area contributed by atoms with Gasteiger partial charge in [0.05, 0.1) is 12.7 Å². The van der Waals surface area contributed by atoms with E-state index in [0.717, 1.165) is 4.90 Å². The molecule has 1 rings (SSSR count). The lowest BCUT2D eigenvalue weighted by atomic mass is 10.2. The number of nitrogens with one attached hydrogen (secondary N) is 1. The molecule has 0 aliphatic rings. The van der Waals surface area contributed by atoms with Crippen LogP contribution in [0.2, 0.25) is 0 Å². The van der Waals surface area contributed by atoms with Crippen LogP contribution >= 0.6 is 11.8 Å². The summed E-state index contributed by atoms with van der Waals surface area (Å²) < 4.78 is 4.55. The average Bonchev–Trinajstić information content (AvgIpc) is 2.37. The van der Waals surface area contributed by atoms with Gasteiger partial charge >= 0.3 is 5.97 Å². The molecule has 1 aromatic carbocycles.